The van der Waals surface area contributed by atoms with E-state index in [0.717, 1.165) is 6.54 Å². The van der Waals surface area contributed by atoms with E-state index in [4.69, 9.17) is 4.74 Å². The highest BCUT2D eigenvalue weighted by Crippen LogP contribution is 2.20. The number of piperidine rings is 1. The molecular formula is C16H32N2O2. The fourth-order valence-electron chi connectivity index (χ4n) is 3.31. The largest absolute Gasteiger partial charge is 0.389 e. The van der Waals surface area contributed by atoms with Gasteiger partial charge in [-0.15, -0.1) is 0 Å². The van der Waals surface area contributed by atoms with Crippen molar-refractivity contribution in [3.63, 3.8) is 0 Å². The number of rotatable bonds is 8. The monoisotopic (exact) mass is 284 g/mol. The Hall–Kier alpha value is -0.160. The van der Waals surface area contributed by atoms with Crippen molar-refractivity contribution in [2.24, 2.45) is 0 Å². The van der Waals surface area contributed by atoms with Crippen molar-refractivity contribution < 1.29 is 9.84 Å². The standard InChI is InChI=1S/C16H32N2O2/c1-14(18-9-5-2-6-10-18)11-17-12-15(19)13-20-16-7-3-4-8-16/h14-17,19H,2-13H2,1H3. The molecule has 20 heavy (non-hydrogen) atoms. The van der Waals surface area contributed by atoms with Gasteiger partial charge in [0.05, 0.1) is 18.8 Å². The zero-order chi connectivity index (χ0) is 14.2. The Kier molecular flexibility index (Phi) is 7.28. The summed E-state index contributed by atoms with van der Waals surface area (Å²) >= 11 is 0. The van der Waals surface area contributed by atoms with E-state index in [1.54, 1.807) is 0 Å². The minimum absolute atomic E-state index is 0.371. The molecule has 0 spiro atoms. The van der Waals surface area contributed by atoms with Crippen LogP contribution in [0.25, 0.3) is 0 Å². The summed E-state index contributed by atoms with van der Waals surface area (Å²) in [6, 6.07) is 0.568. The molecule has 0 aromatic carbocycles. The second-order valence-corrected chi connectivity index (χ2v) is 6.50. The van der Waals surface area contributed by atoms with Crippen molar-refractivity contribution in [2.45, 2.75) is 70.1 Å². The van der Waals surface area contributed by atoms with Crippen LogP contribution in [0.2, 0.25) is 0 Å². The van der Waals surface area contributed by atoms with E-state index in [9.17, 15) is 5.11 Å². The van der Waals surface area contributed by atoms with Gasteiger partial charge in [0.2, 0.25) is 0 Å². The molecule has 0 radical (unpaired) electrons. The SMILES string of the molecule is CC(CNCC(O)COC1CCCC1)N1CCCCC1. The zero-order valence-corrected chi connectivity index (χ0v) is 13.0. The predicted octanol–water partition coefficient (Wildman–Crippen LogP) is 1.77. The number of ether oxygens (including phenoxy) is 1. The molecule has 1 aliphatic heterocycles. The molecule has 0 amide bonds. The molecule has 0 bridgehead atoms. The second-order valence-electron chi connectivity index (χ2n) is 6.50. The molecule has 118 valence electrons. The van der Waals surface area contributed by atoms with Gasteiger partial charge in [0, 0.05) is 19.1 Å². The topological polar surface area (TPSA) is 44.7 Å². The highest BCUT2D eigenvalue weighted by atomic mass is 16.5. The lowest BCUT2D eigenvalue weighted by atomic mass is 10.1. The molecule has 2 aliphatic rings. The quantitative estimate of drug-likeness (QED) is 0.713. The van der Waals surface area contributed by atoms with Crippen molar-refractivity contribution in [2.75, 3.05) is 32.8 Å². The average Bonchev–Trinajstić information content (AvgIpc) is 2.99. The van der Waals surface area contributed by atoms with Crippen LogP contribution in [0, 0.1) is 0 Å². The number of nitrogens with one attached hydrogen (secondary N) is 1. The van der Waals surface area contributed by atoms with Crippen molar-refractivity contribution in [1.82, 2.24) is 10.2 Å². The van der Waals surface area contributed by atoms with Crippen LogP contribution in [0.4, 0.5) is 0 Å². The molecule has 2 fully saturated rings. The summed E-state index contributed by atoms with van der Waals surface area (Å²) in [5.41, 5.74) is 0. The van der Waals surface area contributed by atoms with Gasteiger partial charge < -0.3 is 15.2 Å². The first-order chi connectivity index (χ1) is 9.75. The highest BCUT2D eigenvalue weighted by molar-refractivity contribution is 4.74. The van der Waals surface area contributed by atoms with Gasteiger partial charge in [0.15, 0.2) is 0 Å². The third kappa shape index (κ3) is 5.68. The molecule has 2 unspecified atom stereocenters. The lowest BCUT2D eigenvalue weighted by Gasteiger charge is -2.32. The van der Waals surface area contributed by atoms with E-state index in [2.05, 4.69) is 17.1 Å². The Morgan fingerprint density at radius 3 is 2.50 bits per heavy atom. The van der Waals surface area contributed by atoms with Gasteiger partial charge >= 0.3 is 0 Å². The van der Waals surface area contributed by atoms with E-state index < -0.39 is 0 Å². The summed E-state index contributed by atoms with van der Waals surface area (Å²) in [5, 5.41) is 13.3. The normalized spacial score (nSPS) is 24.9. The zero-order valence-electron chi connectivity index (χ0n) is 13.0. The van der Waals surface area contributed by atoms with Gasteiger partial charge in [-0.3, -0.25) is 4.90 Å². The first-order valence-electron chi connectivity index (χ1n) is 8.50. The van der Waals surface area contributed by atoms with Gasteiger partial charge in [0.25, 0.3) is 0 Å². The van der Waals surface area contributed by atoms with Crippen LogP contribution in [-0.4, -0.2) is 61.0 Å². The number of nitrogens with zero attached hydrogens (tertiary/aromatic N) is 1. The molecule has 4 nitrogen and oxygen atoms in total. The Morgan fingerprint density at radius 1 is 1.10 bits per heavy atom. The minimum atomic E-state index is -0.371. The second kappa shape index (κ2) is 8.98. The van der Waals surface area contributed by atoms with Crippen LogP contribution in [0.1, 0.15) is 51.9 Å². The smallest absolute Gasteiger partial charge is 0.0897 e. The molecule has 2 N–H and O–H groups in total. The van der Waals surface area contributed by atoms with E-state index in [-0.39, 0.29) is 6.10 Å². The molecule has 1 aliphatic carbocycles. The van der Waals surface area contributed by atoms with Crippen LogP contribution in [0.15, 0.2) is 0 Å². The van der Waals surface area contributed by atoms with Crippen LogP contribution in [0.3, 0.4) is 0 Å². The van der Waals surface area contributed by atoms with E-state index in [0.29, 0.717) is 25.3 Å². The van der Waals surface area contributed by atoms with Gasteiger partial charge in [-0.25, -0.2) is 0 Å². The van der Waals surface area contributed by atoms with Crippen molar-refractivity contribution >= 4 is 0 Å². The number of aliphatic hydroxyl groups is 1. The maximum atomic E-state index is 9.93. The Balaban J connectivity index is 1.50. The van der Waals surface area contributed by atoms with Crippen LogP contribution in [-0.2, 0) is 4.74 Å². The molecule has 1 saturated heterocycles. The molecule has 1 saturated carbocycles. The lowest BCUT2D eigenvalue weighted by molar-refractivity contribution is -0.00587. The number of likely N-dealkylation sites (tertiary alicyclic amines) is 1. The maximum absolute atomic E-state index is 9.93. The summed E-state index contributed by atoms with van der Waals surface area (Å²) in [5.74, 6) is 0. The van der Waals surface area contributed by atoms with Crippen molar-refractivity contribution in [1.29, 1.82) is 0 Å². The van der Waals surface area contributed by atoms with Gasteiger partial charge in [-0.05, 0) is 45.7 Å². The summed E-state index contributed by atoms with van der Waals surface area (Å²) < 4.78 is 5.74. The summed E-state index contributed by atoms with van der Waals surface area (Å²) in [4.78, 5) is 2.55. The predicted molar refractivity (Wildman–Crippen MR) is 82.0 cm³/mol. The average molecular weight is 284 g/mol. The van der Waals surface area contributed by atoms with Crippen molar-refractivity contribution in [3.05, 3.63) is 0 Å². The Bertz CT molecular complexity index is 251. The minimum Gasteiger partial charge on any atom is -0.389 e. The van der Waals surface area contributed by atoms with Crippen LogP contribution in [0.5, 0.6) is 0 Å². The highest BCUT2D eigenvalue weighted by Gasteiger charge is 2.18. The molecule has 2 rings (SSSR count). The number of aliphatic hydroxyl groups excluding tert-OH is 1. The molecule has 2 atom stereocenters. The van der Waals surface area contributed by atoms with E-state index in [1.165, 1.54) is 58.0 Å². The molecule has 4 heteroatoms. The van der Waals surface area contributed by atoms with Crippen LogP contribution < -0.4 is 5.32 Å². The molecule has 0 aromatic rings. The third-order valence-electron chi connectivity index (χ3n) is 4.66. The Labute approximate surface area is 123 Å². The maximum Gasteiger partial charge on any atom is 0.0897 e. The van der Waals surface area contributed by atoms with E-state index in [1.807, 2.05) is 0 Å². The number of hydrogen-bond acceptors (Lipinski definition) is 4. The summed E-state index contributed by atoms with van der Waals surface area (Å²) in [6.07, 6.45) is 9.00. The molecular weight excluding hydrogens is 252 g/mol. The van der Waals surface area contributed by atoms with Gasteiger partial charge in [-0.1, -0.05) is 19.3 Å². The molecule has 1 heterocycles. The van der Waals surface area contributed by atoms with E-state index >= 15 is 0 Å². The van der Waals surface area contributed by atoms with Gasteiger partial charge in [0.1, 0.15) is 0 Å². The number of hydrogen-bond donors (Lipinski definition) is 2. The first kappa shape index (κ1) is 16.2. The van der Waals surface area contributed by atoms with Gasteiger partial charge in [-0.2, -0.15) is 0 Å². The van der Waals surface area contributed by atoms with Crippen LogP contribution >= 0.6 is 0 Å². The summed E-state index contributed by atoms with van der Waals surface area (Å²) in [7, 11) is 0. The fraction of sp³-hybridized carbons (Fsp3) is 1.00. The third-order valence-corrected chi connectivity index (χ3v) is 4.66. The van der Waals surface area contributed by atoms with Crippen molar-refractivity contribution in [3.8, 4) is 0 Å². The molecule has 0 aromatic heterocycles. The first-order valence-corrected chi connectivity index (χ1v) is 8.50. The Morgan fingerprint density at radius 2 is 1.80 bits per heavy atom. The lowest BCUT2D eigenvalue weighted by Crippen LogP contribution is -2.44. The fourth-order valence-corrected chi connectivity index (χ4v) is 3.31. The summed E-state index contributed by atoms with van der Waals surface area (Å²) in [6.45, 7) is 6.83.